The van der Waals surface area contributed by atoms with Gasteiger partial charge in [-0.2, -0.15) is 10.4 Å². The SMILES string of the molecule is CC(N)C(c1ccc(C2CC2)cc1)n1ncc2cc(C#N)ccc21. The maximum absolute atomic E-state index is 9.06. The third-order valence-electron chi connectivity index (χ3n) is 4.81. The molecule has 2 N–H and O–H groups in total. The number of benzene rings is 2. The molecular formula is C20H20N4. The molecule has 4 nitrogen and oxygen atoms in total. The van der Waals surface area contributed by atoms with Crippen molar-refractivity contribution in [2.75, 3.05) is 0 Å². The minimum atomic E-state index is -0.0736. The van der Waals surface area contributed by atoms with Crippen LogP contribution in [0, 0.1) is 11.3 Å². The van der Waals surface area contributed by atoms with Crippen molar-refractivity contribution in [3.8, 4) is 6.07 Å². The second kappa shape index (κ2) is 5.77. The zero-order valence-corrected chi connectivity index (χ0v) is 13.7. The van der Waals surface area contributed by atoms with Gasteiger partial charge >= 0.3 is 0 Å². The predicted molar refractivity (Wildman–Crippen MR) is 94.7 cm³/mol. The normalized spacial score (nSPS) is 16.7. The Kier molecular flexibility index (Phi) is 3.59. The van der Waals surface area contributed by atoms with E-state index < -0.39 is 0 Å². The summed E-state index contributed by atoms with van der Waals surface area (Å²) in [6.45, 7) is 2.01. The molecule has 2 aromatic carbocycles. The van der Waals surface area contributed by atoms with Gasteiger partial charge in [-0.3, -0.25) is 4.68 Å². The number of fused-ring (bicyclic) bond motifs is 1. The van der Waals surface area contributed by atoms with Crippen LogP contribution in [0.3, 0.4) is 0 Å². The maximum atomic E-state index is 9.06. The lowest BCUT2D eigenvalue weighted by Gasteiger charge is -2.23. The van der Waals surface area contributed by atoms with Crippen molar-refractivity contribution in [2.24, 2.45) is 5.73 Å². The van der Waals surface area contributed by atoms with Crippen LogP contribution in [0.4, 0.5) is 0 Å². The molecule has 1 aliphatic rings. The number of nitrogens with zero attached hydrogens (tertiary/aromatic N) is 3. The fraction of sp³-hybridized carbons (Fsp3) is 0.300. The second-order valence-electron chi connectivity index (χ2n) is 6.72. The number of aromatic nitrogens is 2. The van der Waals surface area contributed by atoms with Gasteiger partial charge in [0.2, 0.25) is 0 Å². The van der Waals surface area contributed by atoms with Crippen molar-refractivity contribution in [1.82, 2.24) is 9.78 Å². The van der Waals surface area contributed by atoms with Gasteiger partial charge in [-0.1, -0.05) is 24.3 Å². The summed E-state index contributed by atoms with van der Waals surface area (Å²) < 4.78 is 1.98. The molecule has 1 saturated carbocycles. The first kappa shape index (κ1) is 14.9. The van der Waals surface area contributed by atoms with Crippen molar-refractivity contribution in [3.63, 3.8) is 0 Å². The van der Waals surface area contributed by atoms with Crippen LogP contribution in [0.5, 0.6) is 0 Å². The number of hydrogen-bond donors (Lipinski definition) is 1. The standard InChI is InChI=1S/C20H20N4/c1-13(22)20(17-7-5-16(6-8-17)15-3-4-15)24-19-9-2-14(11-21)10-18(19)12-23-24/h2,5-10,12-13,15,20H,3-4,22H2,1H3. The molecule has 24 heavy (non-hydrogen) atoms. The Morgan fingerprint density at radius 3 is 2.58 bits per heavy atom. The van der Waals surface area contributed by atoms with Crippen LogP contribution in [0.25, 0.3) is 10.9 Å². The summed E-state index contributed by atoms with van der Waals surface area (Å²) in [6, 6.07) is 16.5. The van der Waals surface area contributed by atoms with Crippen LogP contribution < -0.4 is 5.73 Å². The molecule has 0 saturated heterocycles. The smallest absolute Gasteiger partial charge is 0.0991 e. The number of nitriles is 1. The van der Waals surface area contributed by atoms with Gasteiger partial charge in [0, 0.05) is 11.4 Å². The van der Waals surface area contributed by atoms with Crippen molar-refractivity contribution >= 4 is 10.9 Å². The number of nitrogens with two attached hydrogens (primary N) is 1. The molecule has 2 atom stereocenters. The van der Waals surface area contributed by atoms with E-state index in [1.165, 1.54) is 24.0 Å². The molecule has 1 fully saturated rings. The van der Waals surface area contributed by atoms with E-state index in [2.05, 4.69) is 35.4 Å². The molecule has 1 aliphatic carbocycles. The van der Waals surface area contributed by atoms with Crippen LogP contribution in [0.2, 0.25) is 0 Å². The van der Waals surface area contributed by atoms with Gasteiger partial charge in [-0.25, -0.2) is 0 Å². The van der Waals surface area contributed by atoms with Gasteiger partial charge in [0.15, 0.2) is 0 Å². The highest BCUT2D eigenvalue weighted by Gasteiger charge is 2.25. The molecule has 3 aromatic rings. The average Bonchev–Trinajstić information content (AvgIpc) is 3.37. The van der Waals surface area contributed by atoms with Crippen LogP contribution in [0.1, 0.15) is 48.4 Å². The molecule has 2 unspecified atom stereocenters. The number of rotatable bonds is 4. The highest BCUT2D eigenvalue weighted by atomic mass is 15.3. The van der Waals surface area contributed by atoms with Gasteiger partial charge < -0.3 is 5.73 Å². The Balaban J connectivity index is 1.76. The Hall–Kier alpha value is -2.64. The van der Waals surface area contributed by atoms with Crippen LogP contribution in [0.15, 0.2) is 48.7 Å². The van der Waals surface area contributed by atoms with Gasteiger partial charge in [0.1, 0.15) is 0 Å². The van der Waals surface area contributed by atoms with Crippen LogP contribution >= 0.6 is 0 Å². The van der Waals surface area contributed by atoms with E-state index in [1.807, 2.05) is 36.0 Å². The minimum absolute atomic E-state index is 0.0244. The van der Waals surface area contributed by atoms with E-state index in [0.29, 0.717) is 5.56 Å². The summed E-state index contributed by atoms with van der Waals surface area (Å²) in [6.07, 6.45) is 4.42. The molecule has 0 amide bonds. The van der Waals surface area contributed by atoms with Crippen molar-refractivity contribution in [2.45, 2.75) is 37.8 Å². The summed E-state index contributed by atoms with van der Waals surface area (Å²) in [7, 11) is 0. The van der Waals surface area contributed by atoms with Crippen molar-refractivity contribution < 1.29 is 0 Å². The lowest BCUT2D eigenvalue weighted by Crippen LogP contribution is -2.30. The quantitative estimate of drug-likeness (QED) is 0.797. The summed E-state index contributed by atoms with van der Waals surface area (Å²) in [5.41, 5.74) is 10.5. The number of hydrogen-bond acceptors (Lipinski definition) is 3. The van der Waals surface area contributed by atoms with Gasteiger partial charge in [0.05, 0.1) is 29.4 Å². The van der Waals surface area contributed by atoms with Gasteiger partial charge in [0.25, 0.3) is 0 Å². The second-order valence-corrected chi connectivity index (χ2v) is 6.72. The first-order valence-corrected chi connectivity index (χ1v) is 8.40. The molecule has 4 rings (SSSR count). The summed E-state index contributed by atoms with van der Waals surface area (Å²) in [4.78, 5) is 0. The topological polar surface area (TPSA) is 67.6 Å². The minimum Gasteiger partial charge on any atom is -0.326 e. The molecule has 0 aliphatic heterocycles. The van der Waals surface area contributed by atoms with E-state index in [-0.39, 0.29) is 12.1 Å². The molecule has 0 spiro atoms. The average molecular weight is 316 g/mol. The Morgan fingerprint density at radius 2 is 1.96 bits per heavy atom. The first-order valence-electron chi connectivity index (χ1n) is 8.40. The maximum Gasteiger partial charge on any atom is 0.0991 e. The first-order chi connectivity index (χ1) is 11.7. The molecule has 120 valence electrons. The third kappa shape index (κ3) is 2.57. The molecular weight excluding hydrogens is 296 g/mol. The van der Waals surface area contributed by atoms with E-state index in [9.17, 15) is 0 Å². The van der Waals surface area contributed by atoms with Gasteiger partial charge in [-0.15, -0.1) is 0 Å². The zero-order chi connectivity index (χ0) is 16.7. The summed E-state index contributed by atoms with van der Waals surface area (Å²) in [5.74, 6) is 0.753. The van der Waals surface area contributed by atoms with Crippen LogP contribution in [-0.4, -0.2) is 15.8 Å². The van der Waals surface area contributed by atoms with E-state index >= 15 is 0 Å². The van der Waals surface area contributed by atoms with Crippen molar-refractivity contribution in [1.29, 1.82) is 5.26 Å². The monoisotopic (exact) mass is 316 g/mol. The predicted octanol–water partition coefficient (Wildman–Crippen LogP) is 3.72. The highest BCUT2D eigenvalue weighted by Crippen LogP contribution is 2.40. The largest absolute Gasteiger partial charge is 0.326 e. The van der Waals surface area contributed by atoms with Crippen molar-refractivity contribution in [3.05, 3.63) is 65.4 Å². The zero-order valence-electron chi connectivity index (χ0n) is 13.7. The van der Waals surface area contributed by atoms with Gasteiger partial charge in [-0.05, 0) is 55.0 Å². The Bertz CT molecular complexity index is 911. The Labute approximate surface area is 141 Å². The summed E-state index contributed by atoms with van der Waals surface area (Å²) >= 11 is 0. The van der Waals surface area contributed by atoms with E-state index in [1.54, 1.807) is 0 Å². The summed E-state index contributed by atoms with van der Waals surface area (Å²) in [5, 5.41) is 14.6. The van der Waals surface area contributed by atoms with Crippen LogP contribution in [-0.2, 0) is 0 Å². The molecule has 0 radical (unpaired) electrons. The lowest BCUT2D eigenvalue weighted by atomic mass is 9.98. The Morgan fingerprint density at radius 1 is 1.21 bits per heavy atom. The molecule has 0 bridgehead atoms. The molecule has 4 heteroatoms. The molecule has 1 heterocycles. The van der Waals surface area contributed by atoms with E-state index in [4.69, 9.17) is 11.0 Å². The molecule has 1 aromatic heterocycles. The third-order valence-corrected chi connectivity index (χ3v) is 4.81. The fourth-order valence-electron chi connectivity index (χ4n) is 3.39. The fourth-order valence-corrected chi connectivity index (χ4v) is 3.39. The van der Waals surface area contributed by atoms with E-state index in [0.717, 1.165) is 16.8 Å². The highest BCUT2D eigenvalue weighted by molar-refractivity contribution is 5.80. The lowest BCUT2D eigenvalue weighted by molar-refractivity contribution is 0.466.